The van der Waals surface area contributed by atoms with Gasteiger partial charge in [-0.05, 0) is 31.0 Å². The molecule has 2 aromatic rings. The van der Waals surface area contributed by atoms with Gasteiger partial charge in [0.2, 0.25) is 5.91 Å². The fourth-order valence-corrected chi connectivity index (χ4v) is 2.70. The van der Waals surface area contributed by atoms with Gasteiger partial charge < -0.3 is 9.64 Å². The first-order chi connectivity index (χ1) is 11.1. The number of hydrogen-bond donors (Lipinski definition) is 0. The third kappa shape index (κ3) is 3.42. The van der Waals surface area contributed by atoms with Gasteiger partial charge in [0.05, 0.1) is 11.3 Å². The average Bonchev–Trinajstić information content (AvgIpc) is 3.00. The number of benzene rings is 2. The van der Waals surface area contributed by atoms with E-state index in [-0.39, 0.29) is 12.5 Å². The van der Waals surface area contributed by atoms with Crippen LogP contribution in [-0.4, -0.2) is 18.4 Å². The highest BCUT2D eigenvalue weighted by Crippen LogP contribution is 2.26. The van der Waals surface area contributed by atoms with Crippen LogP contribution >= 0.6 is 0 Å². The molecule has 0 radical (unpaired) electrons. The third-order valence-corrected chi connectivity index (χ3v) is 3.98. The molecule has 1 aliphatic rings. The zero-order valence-electron chi connectivity index (χ0n) is 13.1. The lowest BCUT2D eigenvalue weighted by Crippen LogP contribution is -2.26. The topological polar surface area (TPSA) is 46.6 Å². The van der Waals surface area contributed by atoms with Crippen molar-refractivity contribution in [2.24, 2.45) is 0 Å². The number of amides is 1. The van der Waals surface area contributed by atoms with E-state index in [0.29, 0.717) is 24.2 Å². The normalized spacial score (nSPS) is 14.1. The molecule has 3 rings (SSSR count). The Balaban J connectivity index is 1.74. The molecule has 0 aliphatic carbocycles. The van der Waals surface area contributed by atoms with Gasteiger partial charge in [-0.3, -0.25) is 4.79 Å². The third-order valence-electron chi connectivity index (χ3n) is 3.98. The first kappa shape index (κ1) is 15.3. The molecule has 1 heterocycles. The summed E-state index contributed by atoms with van der Waals surface area (Å²) in [5.74, 6) is -0.343. The summed E-state index contributed by atoms with van der Waals surface area (Å²) < 4.78 is 5.41. The van der Waals surface area contributed by atoms with E-state index < -0.39 is 5.97 Å². The zero-order valence-corrected chi connectivity index (χ0v) is 13.1. The molecule has 2 aromatic carbocycles. The van der Waals surface area contributed by atoms with Crippen LogP contribution < -0.4 is 4.90 Å². The molecule has 4 nitrogen and oxygen atoms in total. The summed E-state index contributed by atoms with van der Waals surface area (Å²) in [7, 11) is 0. The van der Waals surface area contributed by atoms with Crippen LogP contribution in [0, 0.1) is 6.92 Å². The minimum Gasteiger partial charge on any atom is -0.457 e. The zero-order chi connectivity index (χ0) is 16.2. The van der Waals surface area contributed by atoms with Crippen LogP contribution in [0.15, 0.2) is 48.5 Å². The van der Waals surface area contributed by atoms with Crippen molar-refractivity contribution >= 4 is 17.6 Å². The van der Waals surface area contributed by atoms with Gasteiger partial charge in [0.1, 0.15) is 6.61 Å². The first-order valence-electron chi connectivity index (χ1n) is 7.77. The van der Waals surface area contributed by atoms with Crippen LogP contribution in [0.25, 0.3) is 0 Å². The largest absolute Gasteiger partial charge is 0.457 e. The van der Waals surface area contributed by atoms with Gasteiger partial charge in [0.25, 0.3) is 0 Å². The molecule has 0 spiro atoms. The standard InChI is InChI=1S/C19H19NO3/c1-14-8-10-15(11-9-14)13-23-19(22)16-5-2-3-6-17(16)20-12-4-7-18(20)21/h2-3,5-6,8-11H,4,7,12-13H2,1H3. The minimum absolute atomic E-state index is 0.0591. The molecule has 118 valence electrons. The lowest BCUT2D eigenvalue weighted by molar-refractivity contribution is -0.117. The molecule has 0 N–H and O–H groups in total. The van der Waals surface area contributed by atoms with Crippen LogP contribution in [0.2, 0.25) is 0 Å². The molecular weight excluding hydrogens is 290 g/mol. The number of nitrogens with zero attached hydrogens (tertiary/aromatic N) is 1. The summed E-state index contributed by atoms with van der Waals surface area (Å²) in [6, 6.07) is 15.0. The van der Waals surface area contributed by atoms with E-state index >= 15 is 0 Å². The number of ether oxygens (including phenoxy) is 1. The van der Waals surface area contributed by atoms with Gasteiger partial charge in [-0.2, -0.15) is 0 Å². The number of rotatable bonds is 4. The number of carbonyl (C=O) groups excluding carboxylic acids is 2. The predicted octanol–water partition coefficient (Wildman–Crippen LogP) is 3.48. The van der Waals surface area contributed by atoms with Crippen molar-refractivity contribution in [2.45, 2.75) is 26.4 Å². The van der Waals surface area contributed by atoms with Crippen molar-refractivity contribution in [3.05, 3.63) is 65.2 Å². The van der Waals surface area contributed by atoms with Crippen LogP contribution in [-0.2, 0) is 16.1 Å². The quantitative estimate of drug-likeness (QED) is 0.812. The highest BCUT2D eigenvalue weighted by Gasteiger charge is 2.26. The second-order valence-corrected chi connectivity index (χ2v) is 5.73. The minimum atomic E-state index is -0.402. The van der Waals surface area contributed by atoms with Gasteiger partial charge in [-0.15, -0.1) is 0 Å². The molecule has 1 fully saturated rings. The Morgan fingerprint density at radius 2 is 1.87 bits per heavy atom. The maximum Gasteiger partial charge on any atom is 0.340 e. The van der Waals surface area contributed by atoms with Crippen molar-refractivity contribution < 1.29 is 14.3 Å². The molecule has 0 unspecified atom stereocenters. The molecule has 1 amide bonds. The van der Waals surface area contributed by atoms with Crippen LogP contribution in [0.4, 0.5) is 5.69 Å². The number of anilines is 1. The van der Waals surface area contributed by atoms with Gasteiger partial charge in [0, 0.05) is 13.0 Å². The number of para-hydroxylation sites is 1. The lowest BCUT2D eigenvalue weighted by atomic mass is 10.1. The predicted molar refractivity (Wildman–Crippen MR) is 88.3 cm³/mol. The molecule has 0 aromatic heterocycles. The van der Waals surface area contributed by atoms with Crippen molar-refractivity contribution in [1.29, 1.82) is 0 Å². The van der Waals surface area contributed by atoms with Gasteiger partial charge >= 0.3 is 5.97 Å². The van der Waals surface area contributed by atoms with Crippen LogP contribution in [0.5, 0.6) is 0 Å². The van der Waals surface area contributed by atoms with Crippen molar-refractivity contribution in [3.8, 4) is 0 Å². The monoisotopic (exact) mass is 309 g/mol. The Morgan fingerprint density at radius 3 is 2.57 bits per heavy atom. The fourth-order valence-electron chi connectivity index (χ4n) is 2.70. The van der Waals surface area contributed by atoms with E-state index in [1.165, 1.54) is 0 Å². The first-order valence-corrected chi connectivity index (χ1v) is 7.77. The molecule has 23 heavy (non-hydrogen) atoms. The second-order valence-electron chi connectivity index (χ2n) is 5.73. The van der Waals surface area contributed by atoms with E-state index in [2.05, 4.69) is 0 Å². The maximum atomic E-state index is 12.4. The van der Waals surface area contributed by atoms with Crippen LogP contribution in [0.3, 0.4) is 0 Å². The second kappa shape index (κ2) is 6.65. The van der Waals surface area contributed by atoms with Gasteiger partial charge in [-0.1, -0.05) is 42.0 Å². The Bertz CT molecular complexity index is 722. The SMILES string of the molecule is Cc1ccc(COC(=O)c2ccccc2N2CCCC2=O)cc1. The van der Waals surface area contributed by atoms with E-state index in [4.69, 9.17) is 4.74 Å². The van der Waals surface area contributed by atoms with Crippen LogP contribution in [0.1, 0.15) is 34.3 Å². The van der Waals surface area contributed by atoms with Gasteiger partial charge in [-0.25, -0.2) is 4.79 Å². The summed E-state index contributed by atoms with van der Waals surface area (Å²) in [5.41, 5.74) is 3.19. The van der Waals surface area contributed by atoms with Crippen molar-refractivity contribution in [2.75, 3.05) is 11.4 Å². The average molecular weight is 309 g/mol. The number of esters is 1. The highest BCUT2D eigenvalue weighted by atomic mass is 16.5. The number of hydrogen-bond acceptors (Lipinski definition) is 3. The molecule has 0 saturated carbocycles. The Morgan fingerprint density at radius 1 is 1.13 bits per heavy atom. The molecule has 1 saturated heterocycles. The summed E-state index contributed by atoms with van der Waals surface area (Å²) >= 11 is 0. The van der Waals surface area contributed by atoms with Crippen molar-refractivity contribution in [3.63, 3.8) is 0 Å². The number of aryl methyl sites for hydroxylation is 1. The van der Waals surface area contributed by atoms with Gasteiger partial charge in [0.15, 0.2) is 0 Å². The molecule has 0 bridgehead atoms. The maximum absolute atomic E-state index is 12.4. The number of carbonyl (C=O) groups is 2. The van der Waals surface area contributed by atoms with E-state index in [9.17, 15) is 9.59 Å². The summed E-state index contributed by atoms with van der Waals surface area (Å²) in [4.78, 5) is 26.0. The van der Waals surface area contributed by atoms with Crippen molar-refractivity contribution in [1.82, 2.24) is 0 Å². The smallest absolute Gasteiger partial charge is 0.340 e. The highest BCUT2D eigenvalue weighted by molar-refractivity contribution is 6.03. The summed E-state index contributed by atoms with van der Waals surface area (Å²) in [6.45, 7) is 2.89. The van der Waals surface area contributed by atoms with E-state index in [1.54, 1.807) is 23.1 Å². The fraction of sp³-hybridized carbons (Fsp3) is 0.263. The molecule has 0 atom stereocenters. The Labute approximate surface area is 135 Å². The summed E-state index contributed by atoms with van der Waals surface area (Å²) in [6.07, 6.45) is 1.36. The Hall–Kier alpha value is -2.62. The summed E-state index contributed by atoms with van der Waals surface area (Å²) in [5, 5.41) is 0. The lowest BCUT2D eigenvalue weighted by Gasteiger charge is -2.18. The molecule has 4 heteroatoms. The van der Waals surface area contributed by atoms with E-state index in [1.807, 2.05) is 37.3 Å². The molecular formula is C19H19NO3. The van der Waals surface area contributed by atoms with E-state index in [0.717, 1.165) is 17.5 Å². The molecule has 1 aliphatic heterocycles. The Kier molecular flexibility index (Phi) is 4.42.